The number of amides is 1. The van der Waals surface area contributed by atoms with Crippen molar-refractivity contribution in [3.63, 3.8) is 0 Å². The number of anilines is 1. The molecule has 0 spiro atoms. The summed E-state index contributed by atoms with van der Waals surface area (Å²) in [6.45, 7) is 0.0603. The minimum absolute atomic E-state index is 0.117. The van der Waals surface area contributed by atoms with Gasteiger partial charge < -0.3 is 9.64 Å². The highest BCUT2D eigenvalue weighted by Gasteiger charge is 2.28. The van der Waals surface area contributed by atoms with Crippen LogP contribution in [0, 0.1) is 0 Å². The molecule has 6 nitrogen and oxygen atoms in total. The Kier molecular flexibility index (Phi) is 6.74. The van der Waals surface area contributed by atoms with E-state index >= 15 is 0 Å². The molecule has 0 saturated carbocycles. The van der Waals surface area contributed by atoms with Gasteiger partial charge in [0.2, 0.25) is 5.91 Å². The molecule has 0 N–H and O–H groups in total. The SMILES string of the molecule is COc1cccc(N(CC(=O)N(C)Cc2ccccc2)S(=O)(=O)c2ccccc2)c1. The normalized spacial score (nSPS) is 11.0. The summed E-state index contributed by atoms with van der Waals surface area (Å²) < 4.78 is 33.1. The Bertz CT molecular complexity index is 1090. The number of ether oxygens (including phenoxy) is 1. The highest BCUT2D eigenvalue weighted by atomic mass is 32.2. The van der Waals surface area contributed by atoms with E-state index in [0.717, 1.165) is 9.87 Å². The Morgan fingerprint density at radius 2 is 1.53 bits per heavy atom. The van der Waals surface area contributed by atoms with Crippen LogP contribution in [-0.4, -0.2) is 39.9 Å². The lowest BCUT2D eigenvalue weighted by molar-refractivity contribution is -0.128. The number of carbonyl (C=O) groups excluding carboxylic acids is 1. The van der Waals surface area contributed by atoms with Crippen LogP contribution in [0.4, 0.5) is 5.69 Å². The molecule has 0 heterocycles. The number of sulfonamides is 1. The number of benzene rings is 3. The van der Waals surface area contributed by atoms with Gasteiger partial charge >= 0.3 is 0 Å². The number of nitrogens with zero attached hydrogens (tertiary/aromatic N) is 2. The van der Waals surface area contributed by atoms with Crippen LogP contribution in [0.15, 0.2) is 89.8 Å². The molecule has 0 aliphatic heterocycles. The highest BCUT2D eigenvalue weighted by molar-refractivity contribution is 7.92. The molecule has 156 valence electrons. The number of hydrogen-bond donors (Lipinski definition) is 0. The van der Waals surface area contributed by atoms with Crippen molar-refractivity contribution in [2.75, 3.05) is 25.0 Å². The second-order valence-corrected chi connectivity index (χ2v) is 8.62. The van der Waals surface area contributed by atoms with E-state index in [2.05, 4.69) is 0 Å². The summed E-state index contributed by atoms with van der Waals surface area (Å²) in [5.41, 5.74) is 1.33. The van der Waals surface area contributed by atoms with Gasteiger partial charge in [0.1, 0.15) is 12.3 Å². The minimum atomic E-state index is -3.95. The molecule has 30 heavy (non-hydrogen) atoms. The monoisotopic (exact) mass is 424 g/mol. The third-order valence-electron chi connectivity index (χ3n) is 4.64. The summed E-state index contributed by atoms with van der Waals surface area (Å²) in [4.78, 5) is 14.6. The molecular formula is C23H24N2O4S. The molecule has 0 bridgehead atoms. The van der Waals surface area contributed by atoms with E-state index in [1.54, 1.807) is 49.5 Å². The molecule has 0 fully saturated rings. The van der Waals surface area contributed by atoms with Gasteiger partial charge in [0, 0.05) is 19.7 Å². The Balaban J connectivity index is 1.92. The first-order chi connectivity index (χ1) is 14.4. The topological polar surface area (TPSA) is 66.9 Å². The zero-order valence-corrected chi connectivity index (χ0v) is 17.7. The van der Waals surface area contributed by atoms with E-state index in [9.17, 15) is 13.2 Å². The first kappa shape index (κ1) is 21.4. The lowest BCUT2D eigenvalue weighted by Crippen LogP contribution is -2.41. The van der Waals surface area contributed by atoms with Crippen molar-refractivity contribution in [2.24, 2.45) is 0 Å². The lowest BCUT2D eigenvalue weighted by atomic mass is 10.2. The Labute approximate surface area is 177 Å². The van der Waals surface area contributed by atoms with E-state index < -0.39 is 10.0 Å². The van der Waals surface area contributed by atoms with Crippen molar-refractivity contribution >= 4 is 21.6 Å². The van der Waals surface area contributed by atoms with Gasteiger partial charge in [0.15, 0.2) is 0 Å². The predicted molar refractivity (Wildman–Crippen MR) is 117 cm³/mol. The summed E-state index contributed by atoms with van der Waals surface area (Å²) in [5.74, 6) is 0.187. The Hall–Kier alpha value is -3.32. The van der Waals surface area contributed by atoms with Gasteiger partial charge in [0.05, 0.1) is 17.7 Å². The summed E-state index contributed by atoms with van der Waals surface area (Å²) in [6, 6.07) is 24.3. The maximum Gasteiger partial charge on any atom is 0.264 e. The molecule has 0 aliphatic carbocycles. The second kappa shape index (κ2) is 9.45. The van der Waals surface area contributed by atoms with Gasteiger partial charge in [-0.3, -0.25) is 9.10 Å². The molecule has 0 atom stereocenters. The lowest BCUT2D eigenvalue weighted by Gasteiger charge is -2.27. The molecule has 0 saturated heterocycles. The molecule has 7 heteroatoms. The zero-order chi connectivity index (χ0) is 21.6. The van der Waals surface area contributed by atoms with Crippen molar-refractivity contribution < 1.29 is 17.9 Å². The maximum atomic E-state index is 13.4. The fourth-order valence-electron chi connectivity index (χ4n) is 2.99. The molecule has 0 radical (unpaired) electrons. The molecule has 3 rings (SSSR count). The van der Waals surface area contributed by atoms with E-state index in [-0.39, 0.29) is 17.3 Å². The van der Waals surface area contributed by atoms with Crippen molar-refractivity contribution in [1.29, 1.82) is 0 Å². The summed E-state index contributed by atoms with van der Waals surface area (Å²) >= 11 is 0. The minimum Gasteiger partial charge on any atom is -0.497 e. The van der Waals surface area contributed by atoms with Gasteiger partial charge in [-0.05, 0) is 29.8 Å². The Morgan fingerprint density at radius 1 is 0.900 bits per heavy atom. The summed E-state index contributed by atoms with van der Waals surface area (Å²) in [6.07, 6.45) is 0. The number of rotatable bonds is 8. The van der Waals surface area contributed by atoms with Crippen LogP contribution in [-0.2, 0) is 21.4 Å². The van der Waals surface area contributed by atoms with Crippen LogP contribution in [0.1, 0.15) is 5.56 Å². The first-order valence-corrected chi connectivity index (χ1v) is 10.9. The third-order valence-corrected chi connectivity index (χ3v) is 6.43. The molecule has 0 aromatic heterocycles. The molecule has 3 aromatic rings. The van der Waals surface area contributed by atoms with Crippen LogP contribution < -0.4 is 9.04 Å². The summed E-state index contributed by atoms with van der Waals surface area (Å²) in [5, 5.41) is 0. The smallest absolute Gasteiger partial charge is 0.264 e. The van der Waals surface area contributed by atoms with Crippen molar-refractivity contribution in [1.82, 2.24) is 4.90 Å². The molecular weight excluding hydrogens is 400 g/mol. The van der Waals surface area contributed by atoms with Gasteiger partial charge in [-0.2, -0.15) is 0 Å². The van der Waals surface area contributed by atoms with E-state index in [4.69, 9.17) is 4.74 Å². The predicted octanol–water partition coefficient (Wildman–Crippen LogP) is 3.55. The van der Waals surface area contributed by atoms with Crippen LogP contribution >= 0.6 is 0 Å². The van der Waals surface area contributed by atoms with Gasteiger partial charge in [-0.1, -0.05) is 54.6 Å². The largest absolute Gasteiger partial charge is 0.497 e. The maximum absolute atomic E-state index is 13.4. The second-order valence-electron chi connectivity index (χ2n) is 6.76. The average Bonchev–Trinajstić information content (AvgIpc) is 2.78. The number of carbonyl (C=O) groups is 1. The Morgan fingerprint density at radius 3 is 2.17 bits per heavy atom. The van der Waals surface area contributed by atoms with Crippen LogP contribution in [0.5, 0.6) is 5.75 Å². The van der Waals surface area contributed by atoms with E-state index in [1.807, 2.05) is 30.3 Å². The fraction of sp³-hybridized carbons (Fsp3) is 0.174. The van der Waals surface area contributed by atoms with Crippen molar-refractivity contribution in [2.45, 2.75) is 11.4 Å². The van der Waals surface area contributed by atoms with Gasteiger partial charge in [0.25, 0.3) is 10.0 Å². The molecule has 3 aromatic carbocycles. The zero-order valence-electron chi connectivity index (χ0n) is 16.9. The first-order valence-electron chi connectivity index (χ1n) is 9.41. The highest BCUT2D eigenvalue weighted by Crippen LogP contribution is 2.27. The molecule has 0 unspecified atom stereocenters. The van der Waals surface area contributed by atoms with Crippen molar-refractivity contribution in [3.8, 4) is 5.75 Å². The molecule has 1 amide bonds. The molecule has 0 aliphatic rings. The van der Waals surface area contributed by atoms with Crippen LogP contribution in [0.3, 0.4) is 0 Å². The quantitative estimate of drug-likeness (QED) is 0.555. The van der Waals surface area contributed by atoms with Crippen LogP contribution in [0.2, 0.25) is 0 Å². The standard InChI is InChI=1S/C23H24N2O4S/c1-24(17-19-10-5-3-6-11-19)23(26)18-25(20-12-9-13-21(16-20)29-2)30(27,28)22-14-7-4-8-15-22/h3-16H,17-18H2,1-2H3. The van der Waals surface area contributed by atoms with Gasteiger partial charge in [-0.25, -0.2) is 8.42 Å². The van der Waals surface area contributed by atoms with Crippen molar-refractivity contribution in [3.05, 3.63) is 90.5 Å². The van der Waals surface area contributed by atoms with E-state index in [0.29, 0.717) is 18.0 Å². The third kappa shape index (κ3) is 4.99. The summed E-state index contributed by atoms with van der Waals surface area (Å²) in [7, 11) is -0.781. The van der Waals surface area contributed by atoms with Gasteiger partial charge in [-0.15, -0.1) is 0 Å². The number of hydrogen-bond acceptors (Lipinski definition) is 4. The van der Waals surface area contributed by atoms with E-state index in [1.165, 1.54) is 24.1 Å². The van der Waals surface area contributed by atoms with Crippen LogP contribution in [0.25, 0.3) is 0 Å². The number of methoxy groups -OCH3 is 1. The fourth-order valence-corrected chi connectivity index (χ4v) is 4.42. The average molecular weight is 425 g/mol. The number of likely N-dealkylation sites (N-methyl/N-ethyl adjacent to an activating group) is 1.